The maximum atomic E-state index is 12.0. The fourth-order valence-electron chi connectivity index (χ4n) is 2.76. The van der Waals surface area contributed by atoms with Crippen molar-refractivity contribution in [3.63, 3.8) is 0 Å². The lowest BCUT2D eigenvalue weighted by Crippen LogP contribution is -2.47. The van der Waals surface area contributed by atoms with Gasteiger partial charge in [-0.3, -0.25) is 4.79 Å². The Bertz CT molecular complexity index is 277. The van der Waals surface area contributed by atoms with E-state index in [1.54, 1.807) is 0 Å². The lowest BCUT2D eigenvalue weighted by Gasteiger charge is -2.31. The summed E-state index contributed by atoms with van der Waals surface area (Å²) in [7, 11) is 0. The molecule has 2 atom stereocenters. The van der Waals surface area contributed by atoms with Gasteiger partial charge in [0.25, 0.3) is 0 Å². The normalized spacial score (nSPS) is 30.6. The molecule has 0 aliphatic carbocycles. The summed E-state index contributed by atoms with van der Waals surface area (Å²) in [6.07, 6.45) is 3.61. The molecule has 5 nitrogen and oxygen atoms in total. The van der Waals surface area contributed by atoms with E-state index in [1.807, 2.05) is 0 Å². The smallest absolute Gasteiger partial charge is 0.249 e. The van der Waals surface area contributed by atoms with Crippen molar-refractivity contribution < 1.29 is 9.53 Å². The summed E-state index contributed by atoms with van der Waals surface area (Å²) in [6, 6.07) is 0.320. The van der Waals surface area contributed by atoms with E-state index in [2.05, 4.69) is 17.1 Å². The van der Waals surface area contributed by atoms with Crippen molar-refractivity contribution in [1.82, 2.24) is 10.2 Å². The molecule has 2 aliphatic rings. The second kappa shape index (κ2) is 6.50. The van der Waals surface area contributed by atoms with Crippen LogP contribution in [0.4, 0.5) is 0 Å². The standard InChI is InChI=1S/C13H25N3O2/c1-2-16-7-5-10(6-8-16)15-13(17)12-4-3-11(9-14)18-12/h10-12H,2-9,14H2,1H3,(H,15,17). The van der Waals surface area contributed by atoms with Crippen molar-refractivity contribution in [2.24, 2.45) is 5.73 Å². The number of rotatable bonds is 4. The minimum Gasteiger partial charge on any atom is -0.364 e. The molecule has 0 spiro atoms. The lowest BCUT2D eigenvalue weighted by molar-refractivity contribution is -0.132. The molecule has 2 saturated heterocycles. The molecule has 3 N–H and O–H groups in total. The van der Waals surface area contributed by atoms with Gasteiger partial charge in [-0.1, -0.05) is 6.92 Å². The molecular weight excluding hydrogens is 230 g/mol. The van der Waals surface area contributed by atoms with Crippen LogP contribution in [0.3, 0.4) is 0 Å². The molecule has 0 aromatic heterocycles. The number of nitrogens with two attached hydrogens (primary N) is 1. The molecule has 104 valence electrons. The lowest BCUT2D eigenvalue weighted by atomic mass is 10.0. The molecule has 0 radical (unpaired) electrons. The minimum absolute atomic E-state index is 0.0564. The summed E-state index contributed by atoms with van der Waals surface area (Å²) in [5.41, 5.74) is 5.55. The Morgan fingerprint density at radius 2 is 2.06 bits per heavy atom. The third-order valence-corrected chi connectivity index (χ3v) is 4.04. The highest BCUT2D eigenvalue weighted by Gasteiger charge is 2.31. The van der Waals surface area contributed by atoms with Crippen LogP contribution in [0.25, 0.3) is 0 Å². The third kappa shape index (κ3) is 3.43. The predicted molar refractivity (Wildman–Crippen MR) is 70.2 cm³/mol. The molecule has 2 aliphatic heterocycles. The number of nitrogens with one attached hydrogen (secondary N) is 1. The fourth-order valence-corrected chi connectivity index (χ4v) is 2.76. The van der Waals surface area contributed by atoms with E-state index in [4.69, 9.17) is 10.5 Å². The van der Waals surface area contributed by atoms with Crippen molar-refractivity contribution in [2.45, 2.75) is 50.9 Å². The van der Waals surface area contributed by atoms with Crippen molar-refractivity contribution >= 4 is 5.91 Å². The molecule has 2 rings (SSSR count). The molecule has 5 heteroatoms. The number of hydrogen-bond acceptors (Lipinski definition) is 4. The summed E-state index contributed by atoms with van der Waals surface area (Å²) in [5.74, 6) is 0.0564. The Kier molecular flexibility index (Phi) is 4.97. The summed E-state index contributed by atoms with van der Waals surface area (Å²) in [6.45, 7) is 5.96. The summed E-state index contributed by atoms with van der Waals surface area (Å²) >= 11 is 0. The van der Waals surface area contributed by atoms with Crippen LogP contribution in [-0.2, 0) is 9.53 Å². The van der Waals surface area contributed by atoms with Gasteiger partial charge in [-0.15, -0.1) is 0 Å². The van der Waals surface area contributed by atoms with E-state index in [9.17, 15) is 4.79 Å². The number of likely N-dealkylation sites (tertiary alicyclic amines) is 1. The van der Waals surface area contributed by atoms with Crippen LogP contribution in [0.5, 0.6) is 0 Å². The van der Waals surface area contributed by atoms with Crippen LogP contribution in [0, 0.1) is 0 Å². The van der Waals surface area contributed by atoms with Crippen molar-refractivity contribution in [3.05, 3.63) is 0 Å². The molecule has 2 heterocycles. The summed E-state index contributed by atoms with van der Waals surface area (Å²) < 4.78 is 5.61. The molecule has 1 amide bonds. The third-order valence-electron chi connectivity index (χ3n) is 4.04. The Morgan fingerprint density at radius 1 is 1.33 bits per heavy atom. The Hall–Kier alpha value is -0.650. The Morgan fingerprint density at radius 3 is 2.61 bits per heavy atom. The zero-order valence-electron chi connectivity index (χ0n) is 11.2. The van der Waals surface area contributed by atoms with Gasteiger partial charge in [0, 0.05) is 25.7 Å². The first-order valence-corrected chi connectivity index (χ1v) is 7.11. The van der Waals surface area contributed by atoms with E-state index in [0.29, 0.717) is 12.6 Å². The van der Waals surface area contributed by atoms with Crippen LogP contribution in [0.2, 0.25) is 0 Å². The van der Waals surface area contributed by atoms with Gasteiger partial charge < -0.3 is 20.7 Å². The Balaban J connectivity index is 1.72. The van der Waals surface area contributed by atoms with Gasteiger partial charge in [-0.25, -0.2) is 0 Å². The van der Waals surface area contributed by atoms with Gasteiger partial charge in [0.15, 0.2) is 0 Å². The average Bonchev–Trinajstić information content (AvgIpc) is 2.88. The van der Waals surface area contributed by atoms with Gasteiger partial charge >= 0.3 is 0 Å². The van der Waals surface area contributed by atoms with Crippen molar-refractivity contribution in [1.29, 1.82) is 0 Å². The zero-order valence-corrected chi connectivity index (χ0v) is 11.2. The molecule has 0 aromatic rings. The summed E-state index contributed by atoms with van der Waals surface area (Å²) in [5, 5.41) is 3.12. The van der Waals surface area contributed by atoms with E-state index < -0.39 is 0 Å². The topological polar surface area (TPSA) is 67.6 Å². The molecule has 2 unspecified atom stereocenters. The number of piperidine rings is 1. The number of carbonyl (C=O) groups excluding carboxylic acids is 1. The highest BCUT2D eigenvalue weighted by molar-refractivity contribution is 5.81. The second-order valence-corrected chi connectivity index (χ2v) is 5.28. The zero-order chi connectivity index (χ0) is 13.0. The molecule has 18 heavy (non-hydrogen) atoms. The van der Waals surface area contributed by atoms with Gasteiger partial charge in [0.05, 0.1) is 6.10 Å². The van der Waals surface area contributed by atoms with E-state index in [-0.39, 0.29) is 18.1 Å². The molecule has 2 fully saturated rings. The number of nitrogens with zero attached hydrogens (tertiary/aromatic N) is 1. The van der Waals surface area contributed by atoms with Crippen LogP contribution in [0.15, 0.2) is 0 Å². The van der Waals surface area contributed by atoms with Crippen molar-refractivity contribution in [2.75, 3.05) is 26.2 Å². The largest absolute Gasteiger partial charge is 0.364 e. The van der Waals surface area contributed by atoms with E-state index in [1.165, 1.54) is 0 Å². The quantitative estimate of drug-likeness (QED) is 0.747. The minimum atomic E-state index is -0.275. The first-order valence-electron chi connectivity index (χ1n) is 7.11. The number of hydrogen-bond donors (Lipinski definition) is 2. The van der Waals surface area contributed by atoms with Gasteiger partial charge in [-0.05, 0) is 32.2 Å². The highest BCUT2D eigenvalue weighted by atomic mass is 16.5. The van der Waals surface area contributed by atoms with Crippen LogP contribution in [-0.4, -0.2) is 55.2 Å². The van der Waals surface area contributed by atoms with Gasteiger partial charge in [0.1, 0.15) is 6.10 Å². The Labute approximate surface area is 109 Å². The molecule has 0 aromatic carbocycles. The molecule has 0 saturated carbocycles. The number of carbonyl (C=O) groups is 1. The predicted octanol–water partition coefficient (Wildman–Crippen LogP) is 0.0932. The van der Waals surface area contributed by atoms with Crippen molar-refractivity contribution in [3.8, 4) is 0 Å². The SMILES string of the molecule is CCN1CCC(NC(=O)C2CCC(CN)O2)CC1. The monoisotopic (exact) mass is 255 g/mol. The molecule has 0 bridgehead atoms. The molecular formula is C13H25N3O2. The van der Waals surface area contributed by atoms with Crippen LogP contribution < -0.4 is 11.1 Å². The van der Waals surface area contributed by atoms with E-state index >= 15 is 0 Å². The van der Waals surface area contributed by atoms with Crippen LogP contribution >= 0.6 is 0 Å². The van der Waals surface area contributed by atoms with Crippen LogP contribution in [0.1, 0.15) is 32.6 Å². The maximum absolute atomic E-state index is 12.0. The van der Waals surface area contributed by atoms with Gasteiger partial charge in [-0.2, -0.15) is 0 Å². The fraction of sp³-hybridized carbons (Fsp3) is 0.923. The number of ether oxygens (including phenoxy) is 1. The first kappa shape index (κ1) is 13.8. The average molecular weight is 255 g/mol. The number of amides is 1. The maximum Gasteiger partial charge on any atom is 0.249 e. The van der Waals surface area contributed by atoms with Gasteiger partial charge in [0.2, 0.25) is 5.91 Å². The highest BCUT2D eigenvalue weighted by Crippen LogP contribution is 2.19. The second-order valence-electron chi connectivity index (χ2n) is 5.28. The first-order chi connectivity index (χ1) is 8.72. The van der Waals surface area contributed by atoms with E-state index in [0.717, 1.165) is 45.3 Å². The summed E-state index contributed by atoms with van der Waals surface area (Å²) in [4.78, 5) is 14.5.